The second kappa shape index (κ2) is 4.37. The van der Waals surface area contributed by atoms with E-state index in [0.29, 0.717) is 16.5 Å². The third-order valence-electron chi connectivity index (χ3n) is 3.29. The largest absolute Gasteiger partial charge is 0.274 e. The van der Waals surface area contributed by atoms with Gasteiger partial charge in [0.2, 0.25) is 0 Å². The van der Waals surface area contributed by atoms with Crippen LogP contribution in [0.4, 0.5) is 13.2 Å². The van der Waals surface area contributed by atoms with Crippen molar-refractivity contribution in [2.75, 3.05) is 0 Å². The van der Waals surface area contributed by atoms with E-state index in [2.05, 4.69) is 5.10 Å². The first kappa shape index (κ1) is 12.7. The molecule has 2 aromatic carbocycles. The molecular formula is C15H11F3N2. The van der Waals surface area contributed by atoms with E-state index in [1.165, 1.54) is 29.8 Å². The zero-order chi connectivity index (χ0) is 14.4. The average Bonchev–Trinajstić information content (AvgIpc) is 2.76. The van der Waals surface area contributed by atoms with Crippen LogP contribution in [0.5, 0.6) is 0 Å². The second-order valence-corrected chi connectivity index (χ2v) is 4.76. The predicted molar refractivity (Wildman–Crippen MR) is 70.8 cm³/mol. The van der Waals surface area contributed by atoms with Crippen LogP contribution in [0.1, 0.15) is 5.56 Å². The Bertz CT molecular complexity index is 798. The molecule has 20 heavy (non-hydrogen) atoms. The van der Waals surface area contributed by atoms with Gasteiger partial charge in [-0.25, -0.2) is 13.2 Å². The Kier molecular flexibility index (Phi) is 2.78. The van der Waals surface area contributed by atoms with E-state index in [4.69, 9.17) is 0 Å². The standard InChI is InChI=1S/C15H11F3N2/c1-8-12(16)4-10(5-13(8)17)9-3-11-7-20(2)19-15(11)14(18)6-9/h3-7H,1-2H3. The summed E-state index contributed by atoms with van der Waals surface area (Å²) in [4.78, 5) is 0. The Morgan fingerprint density at radius 3 is 2.10 bits per heavy atom. The molecule has 2 nitrogen and oxygen atoms in total. The summed E-state index contributed by atoms with van der Waals surface area (Å²) in [5.74, 6) is -1.81. The molecule has 0 radical (unpaired) electrons. The molecule has 3 aromatic rings. The summed E-state index contributed by atoms with van der Waals surface area (Å²) in [7, 11) is 1.68. The molecule has 0 spiro atoms. The molecule has 1 heterocycles. The molecule has 0 aliphatic rings. The molecular weight excluding hydrogens is 265 g/mol. The molecule has 0 unspecified atom stereocenters. The maximum atomic E-state index is 14.0. The van der Waals surface area contributed by atoms with Crippen molar-refractivity contribution in [2.24, 2.45) is 7.05 Å². The molecule has 0 saturated carbocycles. The van der Waals surface area contributed by atoms with Gasteiger partial charge in [0.15, 0.2) is 5.82 Å². The zero-order valence-electron chi connectivity index (χ0n) is 10.9. The van der Waals surface area contributed by atoms with Crippen molar-refractivity contribution in [3.63, 3.8) is 0 Å². The Morgan fingerprint density at radius 1 is 0.900 bits per heavy atom. The van der Waals surface area contributed by atoms with Crippen molar-refractivity contribution < 1.29 is 13.2 Å². The molecule has 0 aliphatic carbocycles. The molecule has 5 heteroatoms. The van der Waals surface area contributed by atoms with Crippen molar-refractivity contribution in [1.29, 1.82) is 0 Å². The van der Waals surface area contributed by atoms with Gasteiger partial charge in [0.05, 0.1) is 0 Å². The lowest BCUT2D eigenvalue weighted by molar-refractivity contribution is 0.569. The lowest BCUT2D eigenvalue weighted by Gasteiger charge is -2.06. The minimum Gasteiger partial charge on any atom is -0.274 e. The van der Waals surface area contributed by atoms with Gasteiger partial charge in [0.25, 0.3) is 0 Å². The minimum absolute atomic E-state index is 0.0447. The van der Waals surface area contributed by atoms with Crippen LogP contribution < -0.4 is 0 Å². The van der Waals surface area contributed by atoms with E-state index in [-0.39, 0.29) is 11.1 Å². The maximum absolute atomic E-state index is 14.0. The second-order valence-electron chi connectivity index (χ2n) is 4.76. The molecule has 3 rings (SSSR count). The lowest BCUT2D eigenvalue weighted by atomic mass is 10.0. The van der Waals surface area contributed by atoms with E-state index in [1.807, 2.05) is 0 Å². The Morgan fingerprint density at radius 2 is 1.45 bits per heavy atom. The third kappa shape index (κ3) is 1.95. The number of aryl methyl sites for hydroxylation is 1. The summed E-state index contributed by atoms with van der Waals surface area (Å²) in [5.41, 5.74) is 0.914. The Hall–Kier alpha value is -2.30. The van der Waals surface area contributed by atoms with Gasteiger partial charge in [-0.3, -0.25) is 4.68 Å². The van der Waals surface area contributed by atoms with E-state index < -0.39 is 17.5 Å². The fourth-order valence-electron chi connectivity index (χ4n) is 2.19. The first-order valence-electron chi connectivity index (χ1n) is 6.04. The maximum Gasteiger partial charge on any atom is 0.151 e. The molecule has 0 saturated heterocycles. The third-order valence-corrected chi connectivity index (χ3v) is 3.29. The fraction of sp³-hybridized carbons (Fsp3) is 0.133. The van der Waals surface area contributed by atoms with Gasteiger partial charge in [-0.05, 0) is 42.3 Å². The van der Waals surface area contributed by atoms with Crippen LogP contribution in [-0.2, 0) is 7.05 Å². The molecule has 0 amide bonds. The summed E-state index contributed by atoms with van der Waals surface area (Å²) in [6.07, 6.45) is 1.66. The van der Waals surface area contributed by atoms with Crippen molar-refractivity contribution in [2.45, 2.75) is 6.92 Å². The zero-order valence-corrected chi connectivity index (χ0v) is 10.9. The average molecular weight is 276 g/mol. The van der Waals surface area contributed by atoms with E-state index >= 15 is 0 Å². The highest BCUT2D eigenvalue weighted by molar-refractivity contribution is 5.84. The van der Waals surface area contributed by atoms with Gasteiger partial charge in [-0.2, -0.15) is 5.10 Å². The summed E-state index contributed by atoms with van der Waals surface area (Å²) < 4.78 is 42.6. The first-order chi connectivity index (χ1) is 9.45. The van der Waals surface area contributed by atoms with Gasteiger partial charge in [-0.15, -0.1) is 0 Å². The highest BCUT2D eigenvalue weighted by Crippen LogP contribution is 2.28. The normalized spacial score (nSPS) is 11.2. The number of fused-ring (bicyclic) bond motifs is 1. The number of benzene rings is 2. The van der Waals surface area contributed by atoms with E-state index in [0.717, 1.165) is 0 Å². The number of rotatable bonds is 1. The van der Waals surface area contributed by atoms with Crippen LogP contribution in [0.25, 0.3) is 22.0 Å². The molecule has 0 fully saturated rings. The highest BCUT2D eigenvalue weighted by atomic mass is 19.1. The molecule has 0 aliphatic heterocycles. The highest BCUT2D eigenvalue weighted by Gasteiger charge is 2.12. The summed E-state index contributed by atoms with van der Waals surface area (Å²) in [5, 5.41) is 4.58. The van der Waals surface area contributed by atoms with Gasteiger partial charge < -0.3 is 0 Å². The first-order valence-corrected chi connectivity index (χ1v) is 6.04. The van der Waals surface area contributed by atoms with Crippen molar-refractivity contribution in [1.82, 2.24) is 9.78 Å². The Labute approximate surface area is 113 Å². The van der Waals surface area contributed by atoms with Crippen LogP contribution in [0, 0.1) is 24.4 Å². The SMILES string of the molecule is Cc1c(F)cc(-c2cc(F)c3nn(C)cc3c2)cc1F. The van der Waals surface area contributed by atoms with Crippen LogP contribution in [0.3, 0.4) is 0 Å². The molecule has 0 bridgehead atoms. The minimum atomic E-state index is -0.647. The van der Waals surface area contributed by atoms with Gasteiger partial charge >= 0.3 is 0 Å². The summed E-state index contributed by atoms with van der Waals surface area (Å²) in [6, 6.07) is 5.30. The predicted octanol–water partition coefficient (Wildman–Crippen LogP) is 3.97. The molecule has 0 atom stereocenters. The number of aromatic nitrogens is 2. The van der Waals surface area contributed by atoms with Crippen molar-refractivity contribution >= 4 is 10.9 Å². The van der Waals surface area contributed by atoms with Gasteiger partial charge in [0, 0.05) is 24.2 Å². The van der Waals surface area contributed by atoms with Crippen LogP contribution in [-0.4, -0.2) is 9.78 Å². The van der Waals surface area contributed by atoms with Gasteiger partial charge in [0.1, 0.15) is 17.2 Å². The molecule has 102 valence electrons. The van der Waals surface area contributed by atoms with Crippen LogP contribution >= 0.6 is 0 Å². The molecule has 0 N–H and O–H groups in total. The fourth-order valence-corrected chi connectivity index (χ4v) is 2.19. The Balaban J connectivity index is 2.24. The number of hydrogen-bond acceptors (Lipinski definition) is 1. The number of hydrogen-bond donors (Lipinski definition) is 0. The van der Waals surface area contributed by atoms with Crippen molar-refractivity contribution in [3.8, 4) is 11.1 Å². The lowest BCUT2D eigenvalue weighted by Crippen LogP contribution is -1.91. The van der Waals surface area contributed by atoms with Crippen LogP contribution in [0.2, 0.25) is 0 Å². The van der Waals surface area contributed by atoms with E-state index in [9.17, 15) is 13.2 Å². The van der Waals surface area contributed by atoms with Crippen LogP contribution in [0.15, 0.2) is 30.5 Å². The summed E-state index contributed by atoms with van der Waals surface area (Å²) >= 11 is 0. The molecule has 1 aromatic heterocycles. The van der Waals surface area contributed by atoms with Gasteiger partial charge in [-0.1, -0.05) is 0 Å². The smallest absolute Gasteiger partial charge is 0.151 e. The summed E-state index contributed by atoms with van der Waals surface area (Å²) in [6.45, 7) is 1.36. The topological polar surface area (TPSA) is 17.8 Å². The van der Waals surface area contributed by atoms with E-state index in [1.54, 1.807) is 19.3 Å². The monoisotopic (exact) mass is 276 g/mol. The quantitative estimate of drug-likeness (QED) is 0.657. The van der Waals surface area contributed by atoms with Crippen molar-refractivity contribution in [3.05, 3.63) is 53.5 Å². The number of halogens is 3. The number of nitrogens with zero attached hydrogens (tertiary/aromatic N) is 2.